The van der Waals surface area contributed by atoms with Crippen LogP contribution in [-0.4, -0.2) is 43.7 Å². The molecule has 7 nitrogen and oxygen atoms in total. The van der Waals surface area contributed by atoms with Crippen molar-refractivity contribution in [3.63, 3.8) is 0 Å². The zero-order valence-corrected chi connectivity index (χ0v) is 15.1. The highest BCUT2D eigenvalue weighted by Crippen LogP contribution is 2.15. The van der Waals surface area contributed by atoms with Crippen molar-refractivity contribution in [2.75, 3.05) is 13.2 Å². The standard InChI is InChI=1S/C18H22N2O5S/c1-13(12-21)16(20-26(24,25)14-7-3-2-4-8-14)11-19-18(23)15-9-5-6-10-17(15)22/h2-10,13,16,20-22H,11-12H2,1H3,(H,19,23). The number of phenolic OH excluding ortho intramolecular Hbond substituents is 1. The molecule has 26 heavy (non-hydrogen) atoms. The van der Waals surface area contributed by atoms with Crippen molar-refractivity contribution in [2.45, 2.75) is 17.9 Å². The van der Waals surface area contributed by atoms with Gasteiger partial charge >= 0.3 is 0 Å². The lowest BCUT2D eigenvalue weighted by atomic mass is 10.0. The number of nitrogens with one attached hydrogen (secondary N) is 2. The molecule has 140 valence electrons. The van der Waals surface area contributed by atoms with Gasteiger partial charge < -0.3 is 15.5 Å². The van der Waals surface area contributed by atoms with E-state index in [9.17, 15) is 23.4 Å². The number of aromatic hydroxyl groups is 1. The number of hydrogen-bond donors (Lipinski definition) is 4. The Balaban J connectivity index is 2.11. The molecule has 0 bridgehead atoms. The Bertz CT molecular complexity index is 840. The van der Waals surface area contributed by atoms with Crippen LogP contribution in [-0.2, 0) is 10.0 Å². The molecule has 0 heterocycles. The number of carbonyl (C=O) groups is 1. The van der Waals surface area contributed by atoms with Crippen molar-refractivity contribution in [1.29, 1.82) is 0 Å². The number of amides is 1. The number of carbonyl (C=O) groups excluding carboxylic acids is 1. The van der Waals surface area contributed by atoms with E-state index in [4.69, 9.17) is 0 Å². The Morgan fingerprint density at radius 3 is 2.31 bits per heavy atom. The first-order valence-electron chi connectivity index (χ1n) is 8.09. The second-order valence-corrected chi connectivity index (χ2v) is 7.64. The summed E-state index contributed by atoms with van der Waals surface area (Å²) in [5.74, 6) is -1.13. The number of para-hydroxylation sites is 1. The molecule has 1 amide bonds. The Morgan fingerprint density at radius 2 is 1.69 bits per heavy atom. The van der Waals surface area contributed by atoms with Crippen LogP contribution in [0.3, 0.4) is 0 Å². The maximum absolute atomic E-state index is 12.5. The second kappa shape index (κ2) is 8.79. The Hall–Kier alpha value is -2.42. The van der Waals surface area contributed by atoms with Crippen LogP contribution < -0.4 is 10.0 Å². The molecule has 0 aromatic heterocycles. The summed E-state index contributed by atoms with van der Waals surface area (Å²) in [4.78, 5) is 12.3. The highest BCUT2D eigenvalue weighted by Gasteiger charge is 2.25. The topological polar surface area (TPSA) is 116 Å². The maximum atomic E-state index is 12.5. The zero-order chi connectivity index (χ0) is 19.2. The van der Waals surface area contributed by atoms with Gasteiger partial charge in [-0.3, -0.25) is 4.79 Å². The number of aliphatic hydroxyl groups excluding tert-OH is 1. The first-order chi connectivity index (χ1) is 12.3. The molecule has 0 fully saturated rings. The summed E-state index contributed by atoms with van der Waals surface area (Å²) in [6, 6.07) is 13.2. The minimum atomic E-state index is -3.80. The van der Waals surface area contributed by atoms with E-state index in [-0.39, 0.29) is 29.4 Å². The predicted molar refractivity (Wildman–Crippen MR) is 97.2 cm³/mol. The molecule has 0 radical (unpaired) electrons. The zero-order valence-electron chi connectivity index (χ0n) is 14.3. The molecule has 0 spiro atoms. The Labute approximate surface area is 152 Å². The first kappa shape index (κ1) is 19.9. The summed E-state index contributed by atoms with van der Waals surface area (Å²) in [6.07, 6.45) is 0. The van der Waals surface area contributed by atoms with E-state index in [0.717, 1.165) is 0 Å². The van der Waals surface area contributed by atoms with Crippen molar-refractivity contribution in [1.82, 2.24) is 10.0 Å². The Morgan fingerprint density at radius 1 is 1.08 bits per heavy atom. The third-order valence-electron chi connectivity index (χ3n) is 3.97. The fraction of sp³-hybridized carbons (Fsp3) is 0.278. The fourth-order valence-electron chi connectivity index (χ4n) is 2.32. The van der Waals surface area contributed by atoms with Crippen molar-refractivity contribution in [2.24, 2.45) is 5.92 Å². The molecule has 0 aliphatic carbocycles. The van der Waals surface area contributed by atoms with Crippen LogP contribution in [0.2, 0.25) is 0 Å². The number of phenols is 1. The molecule has 0 aliphatic rings. The van der Waals surface area contributed by atoms with E-state index < -0.39 is 27.9 Å². The maximum Gasteiger partial charge on any atom is 0.255 e. The van der Waals surface area contributed by atoms with Gasteiger partial charge in [0.1, 0.15) is 5.75 Å². The van der Waals surface area contributed by atoms with E-state index in [1.54, 1.807) is 37.3 Å². The minimum absolute atomic E-state index is 0.0407. The Kier molecular flexibility index (Phi) is 6.73. The molecular weight excluding hydrogens is 356 g/mol. The van der Waals surface area contributed by atoms with Crippen LogP contribution >= 0.6 is 0 Å². The van der Waals surface area contributed by atoms with Gasteiger partial charge in [-0.15, -0.1) is 0 Å². The van der Waals surface area contributed by atoms with Gasteiger partial charge in [-0.1, -0.05) is 37.3 Å². The van der Waals surface area contributed by atoms with Gasteiger partial charge in [-0.25, -0.2) is 13.1 Å². The van der Waals surface area contributed by atoms with E-state index in [2.05, 4.69) is 10.0 Å². The van der Waals surface area contributed by atoms with Gasteiger partial charge in [0.15, 0.2) is 0 Å². The highest BCUT2D eigenvalue weighted by atomic mass is 32.2. The quantitative estimate of drug-likeness (QED) is 0.549. The van der Waals surface area contributed by atoms with Gasteiger partial charge in [-0.2, -0.15) is 0 Å². The lowest BCUT2D eigenvalue weighted by Gasteiger charge is -2.24. The largest absolute Gasteiger partial charge is 0.507 e. The lowest BCUT2D eigenvalue weighted by molar-refractivity contribution is 0.0941. The summed E-state index contributed by atoms with van der Waals surface area (Å²) < 4.78 is 27.5. The summed E-state index contributed by atoms with van der Waals surface area (Å²) in [5, 5.41) is 21.7. The summed E-state index contributed by atoms with van der Waals surface area (Å²) in [6.45, 7) is 1.37. The molecule has 2 rings (SSSR count). The third kappa shape index (κ3) is 5.04. The molecule has 0 aliphatic heterocycles. The number of benzene rings is 2. The van der Waals surface area contributed by atoms with Gasteiger partial charge in [0.05, 0.1) is 10.5 Å². The predicted octanol–water partition coefficient (Wildman–Crippen LogP) is 1.10. The smallest absolute Gasteiger partial charge is 0.255 e. The van der Waals surface area contributed by atoms with Crippen LogP contribution in [0.4, 0.5) is 0 Å². The van der Waals surface area contributed by atoms with Crippen LogP contribution in [0.15, 0.2) is 59.5 Å². The molecule has 8 heteroatoms. The average Bonchev–Trinajstić information content (AvgIpc) is 2.65. The number of aliphatic hydroxyl groups is 1. The molecule has 0 saturated carbocycles. The average molecular weight is 378 g/mol. The van der Waals surface area contributed by atoms with Crippen molar-refractivity contribution < 1.29 is 23.4 Å². The summed E-state index contributed by atoms with van der Waals surface area (Å²) in [5.41, 5.74) is 0.0915. The van der Waals surface area contributed by atoms with Crippen molar-refractivity contribution in [3.05, 3.63) is 60.2 Å². The normalized spacial score (nSPS) is 13.8. The minimum Gasteiger partial charge on any atom is -0.507 e. The second-order valence-electron chi connectivity index (χ2n) is 5.93. The van der Waals surface area contributed by atoms with Crippen LogP contribution in [0.25, 0.3) is 0 Å². The lowest BCUT2D eigenvalue weighted by Crippen LogP contribution is -2.48. The fourth-order valence-corrected chi connectivity index (χ4v) is 3.68. The first-order valence-corrected chi connectivity index (χ1v) is 9.58. The molecule has 2 aromatic rings. The summed E-state index contributed by atoms with van der Waals surface area (Å²) in [7, 11) is -3.80. The van der Waals surface area contributed by atoms with Crippen LogP contribution in [0, 0.1) is 5.92 Å². The molecule has 2 aromatic carbocycles. The van der Waals surface area contributed by atoms with Gasteiger partial charge in [0.2, 0.25) is 10.0 Å². The third-order valence-corrected chi connectivity index (χ3v) is 5.47. The number of hydrogen-bond acceptors (Lipinski definition) is 5. The molecule has 2 unspecified atom stereocenters. The van der Waals surface area contributed by atoms with Crippen LogP contribution in [0.1, 0.15) is 17.3 Å². The van der Waals surface area contributed by atoms with Gasteiger partial charge in [0, 0.05) is 19.2 Å². The molecule has 0 saturated heterocycles. The van der Waals surface area contributed by atoms with E-state index in [0.29, 0.717) is 0 Å². The van der Waals surface area contributed by atoms with Crippen LogP contribution in [0.5, 0.6) is 5.75 Å². The number of rotatable bonds is 8. The van der Waals surface area contributed by atoms with Crippen molar-refractivity contribution >= 4 is 15.9 Å². The molecular formula is C18H22N2O5S. The van der Waals surface area contributed by atoms with Gasteiger partial charge in [-0.05, 0) is 30.2 Å². The SMILES string of the molecule is CC(CO)C(CNC(=O)c1ccccc1O)NS(=O)(=O)c1ccccc1. The van der Waals surface area contributed by atoms with Gasteiger partial charge in [0.25, 0.3) is 5.91 Å². The molecule has 4 N–H and O–H groups in total. The summed E-state index contributed by atoms with van der Waals surface area (Å²) >= 11 is 0. The highest BCUT2D eigenvalue weighted by molar-refractivity contribution is 7.89. The molecule has 2 atom stereocenters. The van der Waals surface area contributed by atoms with E-state index in [1.165, 1.54) is 24.3 Å². The monoisotopic (exact) mass is 378 g/mol. The van der Waals surface area contributed by atoms with E-state index in [1.807, 2.05) is 0 Å². The number of sulfonamides is 1. The van der Waals surface area contributed by atoms with E-state index >= 15 is 0 Å². The van der Waals surface area contributed by atoms with Crippen molar-refractivity contribution in [3.8, 4) is 5.75 Å².